The average Bonchev–Trinajstić information content (AvgIpc) is 2.97. The minimum absolute atomic E-state index is 0.0268. The Balaban J connectivity index is 2.29. The van der Waals surface area contributed by atoms with Crippen LogP contribution in [0.4, 0.5) is 4.79 Å². The molecule has 0 bridgehead atoms. The van der Waals surface area contributed by atoms with E-state index in [2.05, 4.69) is 0 Å². The van der Waals surface area contributed by atoms with Crippen LogP contribution in [-0.4, -0.2) is 40.7 Å². The van der Waals surface area contributed by atoms with Crippen LogP contribution in [0.1, 0.15) is 19.6 Å². The fourth-order valence-corrected chi connectivity index (χ4v) is 2.03. The van der Waals surface area contributed by atoms with Crippen molar-refractivity contribution in [2.24, 2.45) is 0 Å². The maximum absolute atomic E-state index is 12.2. The van der Waals surface area contributed by atoms with Crippen molar-refractivity contribution in [1.82, 2.24) is 9.80 Å². The summed E-state index contributed by atoms with van der Waals surface area (Å²) in [6.07, 6.45) is 6.13. The minimum atomic E-state index is -0.568. The summed E-state index contributed by atoms with van der Waals surface area (Å²) in [7, 11) is 0. The van der Waals surface area contributed by atoms with E-state index >= 15 is 0 Å². The number of urea groups is 1. The maximum Gasteiger partial charge on any atom is 0.333 e. The highest BCUT2D eigenvalue weighted by atomic mass is 16.3. The van der Waals surface area contributed by atoms with E-state index in [1.807, 2.05) is 0 Å². The molecule has 0 N–H and O–H groups in total. The van der Waals surface area contributed by atoms with E-state index in [0.717, 1.165) is 9.80 Å². The van der Waals surface area contributed by atoms with Gasteiger partial charge in [-0.05, 0) is 38.1 Å². The predicted molar refractivity (Wildman–Crippen MR) is 76.0 cm³/mol. The molecule has 0 unspecified atom stereocenters. The van der Waals surface area contributed by atoms with Gasteiger partial charge in [-0.3, -0.25) is 19.4 Å². The van der Waals surface area contributed by atoms with Gasteiger partial charge < -0.3 is 4.42 Å². The molecule has 6 heteroatoms. The van der Waals surface area contributed by atoms with E-state index in [-0.39, 0.29) is 18.7 Å². The molecule has 4 amide bonds. The topological polar surface area (TPSA) is 70.8 Å². The summed E-state index contributed by atoms with van der Waals surface area (Å²) in [5.74, 6) is -0.527. The van der Waals surface area contributed by atoms with Crippen molar-refractivity contribution in [3.63, 3.8) is 0 Å². The molecule has 0 spiro atoms. The van der Waals surface area contributed by atoms with E-state index in [0.29, 0.717) is 5.76 Å². The van der Waals surface area contributed by atoms with Gasteiger partial charge in [0.25, 0.3) is 11.8 Å². The second-order valence-corrected chi connectivity index (χ2v) is 4.34. The van der Waals surface area contributed by atoms with E-state index in [9.17, 15) is 14.4 Å². The predicted octanol–water partition coefficient (Wildman–Crippen LogP) is 2.05. The van der Waals surface area contributed by atoms with Gasteiger partial charge in [-0.2, -0.15) is 0 Å². The molecule has 1 aliphatic rings. The third kappa shape index (κ3) is 2.79. The standard InChI is InChI=1S/C15H16N2O4/c1-3-16-13(18)12(14(19)17(4-2)15(16)20)9-5-7-11-8-6-10-21-11/h5-10H,3-4H2,1-2H3/b7-5+. The fourth-order valence-electron chi connectivity index (χ4n) is 2.03. The van der Waals surface area contributed by atoms with E-state index in [1.165, 1.54) is 12.3 Å². The summed E-state index contributed by atoms with van der Waals surface area (Å²) < 4.78 is 5.12. The van der Waals surface area contributed by atoms with Crippen LogP contribution >= 0.6 is 0 Å². The van der Waals surface area contributed by atoms with Gasteiger partial charge in [0, 0.05) is 13.1 Å². The van der Waals surface area contributed by atoms with Crippen LogP contribution in [0.3, 0.4) is 0 Å². The molecule has 1 fully saturated rings. The molecule has 0 radical (unpaired) electrons. The summed E-state index contributed by atoms with van der Waals surface area (Å²) in [5.41, 5.74) is -0.0268. The number of likely N-dealkylation sites (N-methyl/N-ethyl adjacent to an activating group) is 2. The monoisotopic (exact) mass is 288 g/mol. The molecule has 2 rings (SSSR count). The number of furan rings is 1. The van der Waals surface area contributed by atoms with Crippen LogP contribution in [-0.2, 0) is 9.59 Å². The molecule has 0 atom stereocenters. The SMILES string of the molecule is CCN1C(=O)C(=C/C=C/c2ccco2)C(=O)N(CC)C1=O. The number of rotatable bonds is 4. The third-order valence-electron chi connectivity index (χ3n) is 3.11. The van der Waals surface area contributed by atoms with Crippen molar-refractivity contribution in [3.05, 3.63) is 41.9 Å². The molecule has 1 aromatic heterocycles. The zero-order chi connectivity index (χ0) is 15.4. The van der Waals surface area contributed by atoms with Gasteiger partial charge in [0.2, 0.25) is 0 Å². The first kappa shape index (κ1) is 14.8. The van der Waals surface area contributed by atoms with E-state index in [4.69, 9.17) is 4.42 Å². The molecule has 2 heterocycles. The zero-order valence-corrected chi connectivity index (χ0v) is 11.9. The molecule has 0 aliphatic carbocycles. The Morgan fingerprint density at radius 1 is 1.10 bits per heavy atom. The average molecular weight is 288 g/mol. The highest BCUT2D eigenvalue weighted by molar-refractivity contribution is 6.28. The molecule has 1 saturated heterocycles. The summed E-state index contributed by atoms with van der Waals surface area (Å²) in [6.45, 7) is 3.83. The van der Waals surface area contributed by atoms with Gasteiger partial charge in [0.15, 0.2) is 0 Å². The first-order valence-corrected chi connectivity index (χ1v) is 6.69. The number of carbonyl (C=O) groups excluding carboxylic acids is 3. The Morgan fingerprint density at radius 3 is 2.19 bits per heavy atom. The van der Waals surface area contributed by atoms with Crippen molar-refractivity contribution >= 4 is 23.9 Å². The highest BCUT2D eigenvalue weighted by Crippen LogP contribution is 2.17. The first-order chi connectivity index (χ1) is 10.1. The van der Waals surface area contributed by atoms with Crippen LogP contribution in [0.25, 0.3) is 6.08 Å². The van der Waals surface area contributed by atoms with Gasteiger partial charge in [-0.15, -0.1) is 0 Å². The Hall–Kier alpha value is -2.63. The van der Waals surface area contributed by atoms with Crippen molar-refractivity contribution in [2.45, 2.75) is 13.8 Å². The first-order valence-electron chi connectivity index (χ1n) is 6.69. The number of barbiturate groups is 1. The lowest BCUT2D eigenvalue weighted by Gasteiger charge is -2.32. The van der Waals surface area contributed by atoms with E-state index in [1.54, 1.807) is 38.1 Å². The third-order valence-corrected chi connectivity index (χ3v) is 3.11. The number of nitrogens with zero attached hydrogens (tertiary/aromatic N) is 2. The van der Waals surface area contributed by atoms with Crippen LogP contribution in [0.5, 0.6) is 0 Å². The zero-order valence-electron chi connectivity index (χ0n) is 11.9. The summed E-state index contributed by atoms with van der Waals surface area (Å²) >= 11 is 0. The number of hydrogen-bond donors (Lipinski definition) is 0. The summed E-state index contributed by atoms with van der Waals surface area (Å²) in [6, 6.07) is 2.92. The summed E-state index contributed by atoms with van der Waals surface area (Å²) in [4.78, 5) is 38.4. The number of carbonyl (C=O) groups is 3. The Labute approximate surface area is 122 Å². The maximum atomic E-state index is 12.2. The number of amides is 4. The fraction of sp³-hybridized carbons (Fsp3) is 0.267. The molecular formula is C15H16N2O4. The van der Waals surface area contributed by atoms with Gasteiger partial charge >= 0.3 is 6.03 Å². The molecule has 1 aliphatic heterocycles. The van der Waals surface area contributed by atoms with Crippen LogP contribution in [0, 0.1) is 0 Å². The van der Waals surface area contributed by atoms with Crippen molar-refractivity contribution in [1.29, 1.82) is 0 Å². The lowest BCUT2D eigenvalue weighted by atomic mass is 10.1. The lowest BCUT2D eigenvalue weighted by Crippen LogP contribution is -2.56. The number of hydrogen-bond acceptors (Lipinski definition) is 4. The molecule has 110 valence electrons. The van der Waals surface area contributed by atoms with Gasteiger partial charge in [-0.1, -0.05) is 6.08 Å². The quantitative estimate of drug-likeness (QED) is 0.628. The number of allylic oxidation sites excluding steroid dienone is 2. The minimum Gasteiger partial charge on any atom is -0.465 e. The van der Waals surface area contributed by atoms with Crippen LogP contribution in [0.2, 0.25) is 0 Å². The molecule has 0 aromatic carbocycles. The molecule has 21 heavy (non-hydrogen) atoms. The lowest BCUT2D eigenvalue weighted by molar-refractivity contribution is -0.135. The van der Waals surface area contributed by atoms with Gasteiger partial charge in [0.1, 0.15) is 11.3 Å². The Morgan fingerprint density at radius 2 is 1.71 bits per heavy atom. The Kier molecular flexibility index (Phi) is 4.37. The van der Waals surface area contributed by atoms with Crippen LogP contribution in [0.15, 0.2) is 40.5 Å². The van der Waals surface area contributed by atoms with Gasteiger partial charge in [-0.25, -0.2) is 4.79 Å². The van der Waals surface area contributed by atoms with Crippen LogP contribution < -0.4 is 0 Å². The largest absolute Gasteiger partial charge is 0.465 e. The molecule has 6 nitrogen and oxygen atoms in total. The second-order valence-electron chi connectivity index (χ2n) is 4.34. The van der Waals surface area contributed by atoms with Crippen molar-refractivity contribution < 1.29 is 18.8 Å². The molecule has 0 saturated carbocycles. The normalized spacial score (nSPS) is 16.3. The highest BCUT2D eigenvalue weighted by Gasteiger charge is 2.39. The van der Waals surface area contributed by atoms with Crippen molar-refractivity contribution in [3.8, 4) is 0 Å². The van der Waals surface area contributed by atoms with Crippen molar-refractivity contribution in [2.75, 3.05) is 13.1 Å². The smallest absolute Gasteiger partial charge is 0.333 e. The Bertz CT molecular complexity index is 586. The molecular weight excluding hydrogens is 272 g/mol. The van der Waals surface area contributed by atoms with E-state index < -0.39 is 17.8 Å². The second kappa shape index (κ2) is 6.21. The summed E-state index contributed by atoms with van der Waals surface area (Å²) in [5, 5.41) is 0. The van der Waals surface area contributed by atoms with Gasteiger partial charge in [0.05, 0.1) is 6.26 Å². The molecule has 1 aromatic rings. The number of imide groups is 2.